The first-order chi connectivity index (χ1) is 13.5. The second-order valence-corrected chi connectivity index (χ2v) is 6.69. The van der Waals surface area contributed by atoms with Crippen molar-refractivity contribution in [3.05, 3.63) is 63.7 Å². The lowest BCUT2D eigenvalue weighted by Gasteiger charge is -2.32. The van der Waals surface area contributed by atoms with Crippen molar-refractivity contribution in [2.24, 2.45) is 0 Å². The lowest BCUT2D eigenvalue weighted by atomic mass is 9.89. The SMILES string of the molecule is CCOc1cc([N+](=O)[O-])c(C(=O)N2CCC(c3ccccc3)CC2)cc1OC. The third kappa shape index (κ3) is 4.08. The average molecular weight is 384 g/mol. The zero-order valence-corrected chi connectivity index (χ0v) is 16.1. The molecule has 0 aliphatic carbocycles. The molecule has 0 atom stereocenters. The summed E-state index contributed by atoms with van der Waals surface area (Å²) in [6, 6.07) is 12.9. The van der Waals surface area contributed by atoms with E-state index in [0.29, 0.717) is 31.4 Å². The minimum absolute atomic E-state index is 0.0310. The highest BCUT2D eigenvalue weighted by atomic mass is 16.6. The van der Waals surface area contributed by atoms with Crippen molar-refractivity contribution in [2.45, 2.75) is 25.7 Å². The van der Waals surface area contributed by atoms with E-state index in [4.69, 9.17) is 9.47 Å². The first-order valence-corrected chi connectivity index (χ1v) is 9.38. The third-order valence-electron chi connectivity index (χ3n) is 5.06. The minimum Gasteiger partial charge on any atom is -0.493 e. The maximum absolute atomic E-state index is 13.0. The van der Waals surface area contributed by atoms with Crippen molar-refractivity contribution in [1.82, 2.24) is 4.90 Å². The molecule has 0 saturated carbocycles. The van der Waals surface area contributed by atoms with Gasteiger partial charge in [-0.25, -0.2) is 0 Å². The van der Waals surface area contributed by atoms with Crippen molar-refractivity contribution < 1.29 is 19.2 Å². The fourth-order valence-electron chi connectivity index (χ4n) is 3.61. The van der Waals surface area contributed by atoms with Gasteiger partial charge in [-0.3, -0.25) is 14.9 Å². The maximum Gasteiger partial charge on any atom is 0.286 e. The van der Waals surface area contributed by atoms with Crippen LogP contribution in [0.25, 0.3) is 0 Å². The Labute approximate surface area is 164 Å². The van der Waals surface area contributed by atoms with Crippen LogP contribution in [0.15, 0.2) is 42.5 Å². The predicted molar refractivity (Wildman–Crippen MR) is 105 cm³/mol. The topological polar surface area (TPSA) is 81.9 Å². The van der Waals surface area contributed by atoms with Gasteiger partial charge in [0, 0.05) is 19.2 Å². The van der Waals surface area contributed by atoms with Crippen LogP contribution in [0.4, 0.5) is 5.69 Å². The summed E-state index contributed by atoms with van der Waals surface area (Å²) in [4.78, 5) is 25.7. The standard InChI is InChI=1S/C21H24N2O5/c1-3-28-20-14-18(23(25)26)17(13-19(20)27-2)21(24)22-11-9-16(10-12-22)15-7-5-4-6-8-15/h4-8,13-14,16H,3,9-12H2,1-2H3. The van der Waals surface area contributed by atoms with Gasteiger partial charge in [-0.05, 0) is 31.2 Å². The summed E-state index contributed by atoms with van der Waals surface area (Å²) in [5, 5.41) is 11.5. The van der Waals surface area contributed by atoms with Gasteiger partial charge in [0.05, 0.1) is 24.7 Å². The molecule has 1 heterocycles. The number of nitro groups is 1. The molecule has 0 aromatic heterocycles. The number of carbonyl (C=O) groups is 1. The number of ether oxygens (including phenoxy) is 2. The Kier molecular flexibility index (Phi) is 6.13. The molecule has 1 saturated heterocycles. The van der Waals surface area contributed by atoms with Crippen LogP contribution < -0.4 is 9.47 Å². The summed E-state index contributed by atoms with van der Waals surface area (Å²) >= 11 is 0. The van der Waals surface area contributed by atoms with E-state index in [-0.39, 0.29) is 22.9 Å². The van der Waals surface area contributed by atoms with Gasteiger partial charge in [-0.15, -0.1) is 0 Å². The van der Waals surface area contributed by atoms with Crippen LogP contribution in [0.5, 0.6) is 11.5 Å². The summed E-state index contributed by atoms with van der Waals surface area (Å²) in [7, 11) is 1.45. The van der Waals surface area contributed by atoms with E-state index in [2.05, 4.69) is 12.1 Å². The summed E-state index contributed by atoms with van der Waals surface area (Å²) in [6.07, 6.45) is 1.66. The van der Waals surface area contributed by atoms with Gasteiger partial charge in [0.1, 0.15) is 5.56 Å². The van der Waals surface area contributed by atoms with Crippen LogP contribution in [0.2, 0.25) is 0 Å². The number of methoxy groups -OCH3 is 1. The zero-order valence-electron chi connectivity index (χ0n) is 16.1. The van der Waals surface area contributed by atoms with Gasteiger partial charge >= 0.3 is 0 Å². The monoisotopic (exact) mass is 384 g/mol. The highest BCUT2D eigenvalue weighted by Gasteiger charge is 2.30. The normalized spacial score (nSPS) is 14.6. The Morgan fingerprint density at radius 1 is 1.18 bits per heavy atom. The second-order valence-electron chi connectivity index (χ2n) is 6.69. The molecule has 0 N–H and O–H groups in total. The molecular formula is C21H24N2O5. The molecule has 1 aliphatic heterocycles. The number of rotatable bonds is 6. The largest absolute Gasteiger partial charge is 0.493 e. The van der Waals surface area contributed by atoms with Crippen molar-refractivity contribution in [1.29, 1.82) is 0 Å². The van der Waals surface area contributed by atoms with E-state index in [0.717, 1.165) is 12.8 Å². The number of likely N-dealkylation sites (tertiary alicyclic amines) is 1. The van der Waals surface area contributed by atoms with Crippen molar-refractivity contribution in [3.8, 4) is 11.5 Å². The summed E-state index contributed by atoms with van der Waals surface area (Å²) < 4.78 is 10.7. The van der Waals surface area contributed by atoms with Crippen LogP contribution in [-0.4, -0.2) is 42.5 Å². The van der Waals surface area contributed by atoms with Crippen LogP contribution >= 0.6 is 0 Å². The lowest BCUT2D eigenvalue weighted by molar-refractivity contribution is -0.385. The fraction of sp³-hybridized carbons (Fsp3) is 0.381. The first-order valence-electron chi connectivity index (χ1n) is 9.38. The molecule has 1 fully saturated rings. The van der Waals surface area contributed by atoms with Gasteiger partial charge in [0.2, 0.25) is 0 Å². The quantitative estimate of drug-likeness (QED) is 0.555. The molecule has 1 amide bonds. The molecule has 0 radical (unpaired) electrons. The molecule has 28 heavy (non-hydrogen) atoms. The van der Waals surface area contributed by atoms with Crippen LogP contribution in [0.1, 0.15) is 41.6 Å². The number of carbonyl (C=O) groups excluding carboxylic acids is 1. The van der Waals surface area contributed by atoms with Crippen molar-refractivity contribution >= 4 is 11.6 Å². The fourth-order valence-corrected chi connectivity index (χ4v) is 3.61. The smallest absolute Gasteiger partial charge is 0.286 e. The molecular weight excluding hydrogens is 360 g/mol. The summed E-state index contributed by atoms with van der Waals surface area (Å²) in [5.74, 6) is 0.626. The van der Waals surface area contributed by atoms with E-state index >= 15 is 0 Å². The Bertz CT molecular complexity index is 845. The number of nitrogens with zero attached hydrogens (tertiary/aromatic N) is 2. The number of amides is 1. The average Bonchev–Trinajstić information content (AvgIpc) is 2.74. The molecule has 2 aromatic carbocycles. The lowest BCUT2D eigenvalue weighted by Crippen LogP contribution is -2.38. The van der Waals surface area contributed by atoms with Gasteiger partial charge < -0.3 is 14.4 Å². The summed E-state index contributed by atoms with van der Waals surface area (Å²) in [6.45, 7) is 3.24. The van der Waals surface area contributed by atoms with Crippen molar-refractivity contribution in [2.75, 3.05) is 26.8 Å². The molecule has 0 spiro atoms. The molecule has 7 nitrogen and oxygen atoms in total. The van der Waals surface area contributed by atoms with Crippen LogP contribution in [-0.2, 0) is 0 Å². The van der Waals surface area contributed by atoms with Crippen LogP contribution in [0, 0.1) is 10.1 Å². The molecule has 2 aromatic rings. The van der Waals surface area contributed by atoms with E-state index in [9.17, 15) is 14.9 Å². The van der Waals surface area contributed by atoms with E-state index in [1.54, 1.807) is 11.8 Å². The number of nitro benzene ring substituents is 1. The molecule has 0 bridgehead atoms. The molecule has 1 aliphatic rings. The third-order valence-corrected chi connectivity index (χ3v) is 5.06. The number of hydrogen-bond donors (Lipinski definition) is 0. The predicted octanol–water partition coefficient (Wildman–Crippen LogP) is 4.02. The number of hydrogen-bond acceptors (Lipinski definition) is 5. The minimum atomic E-state index is -0.550. The molecule has 7 heteroatoms. The second kappa shape index (κ2) is 8.73. The maximum atomic E-state index is 13.0. The van der Waals surface area contributed by atoms with E-state index in [1.165, 1.54) is 24.8 Å². The van der Waals surface area contributed by atoms with E-state index < -0.39 is 4.92 Å². The first kappa shape index (κ1) is 19.7. The van der Waals surface area contributed by atoms with Gasteiger partial charge in [0.15, 0.2) is 11.5 Å². The highest BCUT2D eigenvalue weighted by Crippen LogP contribution is 2.36. The Morgan fingerprint density at radius 2 is 1.86 bits per heavy atom. The number of benzene rings is 2. The molecule has 0 unspecified atom stereocenters. The Hall–Kier alpha value is -3.09. The zero-order chi connectivity index (χ0) is 20.1. The molecule has 3 rings (SSSR count). The van der Waals surface area contributed by atoms with Gasteiger partial charge in [-0.2, -0.15) is 0 Å². The van der Waals surface area contributed by atoms with E-state index in [1.807, 2.05) is 18.2 Å². The van der Waals surface area contributed by atoms with Crippen LogP contribution in [0.3, 0.4) is 0 Å². The van der Waals surface area contributed by atoms with Gasteiger partial charge in [-0.1, -0.05) is 30.3 Å². The van der Waals surface area contributed by atoms with Crippen molar-refractivity contribution in [3.63, 3.8) is 0 Å². The Morgan fingerprint density at radius 3 is 2.43 bits per heavy atom. The summed E-state index contributed by atoms with van der Waals surface area (Å²) in [5.41, 5.74) is 1.03. The van der Waals surface area contributed by atoms with Gasteiger partial charge in [0.25, 0.3) is 11.6 Å². The molecule has 148 valence electrons. The number of piperidine rings is 1. The Balaban J connectivity index is 1.81. The highest BCUT2D eigenvalue weighted by molar-refractivity contribution is 5.99.